The molecule has 0 aliphatic carbocycles. The van der Waals surface area contributed by atoms with Crippen molar-refractivity contribution in [2.75, 3.05) is 0 Å². The van der Waals surface area contributed by atoms with Crippen LogP contribution in [0.25, 0.3) is 10.2 Å². The van der Waals surface area contributed by atoms with Gasteiger partial charge in [-0.25, -0.2) is 9.78 Å². The lowest BCUT2D eigenvalue weighted by atomic mass is 9.96. The molecule has 1 aromatic carbocycles. The van der Waals surface area contributed by atoms with Crippen LogP contribution in [0.5, 0.6) is 0 Å². The van der Waals surface area contributed by atoms with Gasteiger partial charge in [0.15, 0.2) is 9.50 Å². The summed E-state index contributed by atoms with van der Waals surface area (Å²) in [7, 11) is 1.94. The fourth-order valence-corrected chi connectivity index (χ4v) is 4.22. The topological polar surface area (TPSA) is 80.9 Å². The van der Waals surface area contributed by atoms with Gasteiger partial charge < -0.3 is 9.67 Å². The van der Waals surface area contributed by atoms with E-state index in [1.165, 1.54) is 23.1 Å². The summed E-state index contributed by atoms with van der Waals surface area (Å²) in [6.45, 7) is 6.28. The molecule has 120 valence electrons. The molecule has 0 saturated carbocycles. The number of benzene rings is 1. The Morgan fingerprint density at radius 3 is 2.65 bits per heavy atom. The lowest BCUT2D eigenvalue weighted by Crippen LogP contribution is -2.17. The maximum absolute atomic E-state index is 11.0. The molecule has 8 heteroatoms. The van der Waals surface area contributed by atoms with Gasteiger partial charge in [0, 0.05) is 12.5 Å². The van der Waals surface area contributed by atoms with Crippen LogP contribution in [0.2, 0.25) is 0 Å². The summed E-state index contributed by atoms with van der Waals surface area (Å²) in [6.07, 6.45) is 0. The van der Waals surface area contributed by atoms with E-state index in [0.717, 1.165) is 25.5 Å². The average molecular weight is 348 g/mol. The van der Waals surface area contributed by atoms with Crippen molar-refractivity contribution in [3.63, 3.8) is 0 Å². The van der Waals surface area contributed by atoms with Gasteiger partial charge in [0.1, 0.15) is 5.82 Å². The van der Waals surface area contributed by atoms with Gasteiger partial charge in [0.2, 0.25) is 0 Å². The molecule has 23 heavy (non-hydrogen) atoms. The van der Waals surface area contributed by atoms with Gasteiger partial charge in [-0.3, -0.25) is 0 Å². The Bertz CT molecular complexity index is 893. The quantitative estimate of drug-likeness (QED) is 0.779. The predicted octanol–water partition coefficient (Wildman–Crippen LogP) is 3.57. The Kier molecular flexibility index (Phi) is 3.89. The molecule has 1 N–H and O–H groups in total. The number of nitrogens with zero attached hydrogens (tertiary/aromatic N) is 4. The van der Waals surface area contributed by atoms with E-state index in [-0.39, 0.29) is 11.0 Å². The lowest BCUT2D eigenvalue weighted by Gasteiger charge is -2.16. The smallest absolute Gasteiger partial charge is 0.335 e. The second-order valence-electron chi connectivity index (χ2n) is 6.18. The largest absolute Gasteiger partial charge is 0.478 e. The van der Waals surface area contributed by atoms with Crippen LogP contribution in [0.1, 0.15) is 37.0 Å². The molecule has 0 bridgehead atoms. The summed E-state index contributed by atoms with van der Waals surface area (Å²) >= 11 is 2.90. The van der Waals surface area contributed by atoms with Crippen molar-refractivity contribution in [2.24, 2.45) is 7.05 Å². The second-order valence-corrected chi connectivity index (χ2v) is 8.43. The monoisotopic (exact) mass is 348 g/mol. The van der Waals surface area contributed by atoms with E-state index >= 15 is 0 Å². The molecular formula is C15H16N4O2S2. The van der Waals surface area contributed by atoms with Crippen LogP contribution in [0.3, 0.4) is 0 Å². The number of carboxylic acid groups (broad SMARTS) is 1. The van der Waals surface area contributed by atoms with E-state index in [1.54, 1.807) is 18.2 Å². The minimum absolute atomic E-state index is 0.0788. The SMILES string of the molecule is Cn1c(Sc2nc3ccc(C(=O)O)cc3s2)nnc1C(C)(C)C. The number of aromatic carboxylic acids is 1. The molecule has 6 nitrogen and oxygen atoms in total. The number of carbonyl (C=O) groups is 1. The number of hydrogen-bond acceptors (Lipinski definition) is 6. The maximum Gasteiger partial charge on any atom is 0.335 e. The van der Waals surface area contributed by atoms with Crippen molar-refractivity contribution in [1.82, 2.24) is 19.7 Å². The van der Waals surface area contributed by atoms with E-state index in [0.29, 0.717) is 0 Å². The molecule has 0 unspecified atom stereocenters. The zero-order chi connectivity index (χ0) is 16.8. The Balaban J connectivity index is 1.93. The lowest BCUT2D eigenvalue weighted by molar-refractivity contribution is 0.0697. The van der Waals surface area contributed by atoms with Crippen LogP contribution >= 0.6 is 23.1 Å². The van der Waals surface area contributed by atoms with Crippen molar-refractivity contribution in [3.05, 3.63) is 29.6 Å². The average Bonchev–Trinajstić information content (AvgIpc) is 3.01. The first-order valence-electron chi connectivity index (χ1n) is 6.97. The fourth-order valence-electron chi connectivity index (χ4n) is 2.22. The molecule has 3 aromatic rings. The first kappa shape index (κ1) is 15.9. The van der Waals surface area contributed by atoms with Crippen molar-refractivity contribution in [3.8, 4) is 0 Å². The summed E-state index contributed by atoms with van der Waals surface area (Å²) < 4.78 is 3.64. The molecule has 0 aliphatic rings. The van der Waals surface area contributed by atoms with Gasteiger partial charge in [-0.1, -0.05) is 20.8 Å². The van der Waals surface area contributed by atoms with Crippen LogP contribution in [-0.4, -0.2) is 30.8 Å². The molecule has 0 atom stereocenters. The Morgan fingerprint density at radius 1 is 1.30 bits per heavy atom. The molecule has 2 heterocycles. The van der Waals surface area contributed by atoms with Crippen LogP contribution < -0.4 is 0 Å². The second kappa shape index (κ2) is 5.61. The normalized spacial score (nSPS) is 12.0. The number of rotatable bonds is 3. The Hall–Kier alpha value is -1.93. The third-order valence-electron chi connectivity index (χ3n) is 3.30. The number of fused-ring (bicyclic) bond motifs is 1. The standard InChI is InChI=1S/C15H16N4O2S2/c1-15(2,3)12-17-18-13(19(12)4)23-14-16-9-6-5-8(11(20)21)7-10(9)22-14/h5-7H,1-4H3,(H,20,21). The summed E-state index contributed by atoms with van der Waals surface area (Å²) in [5.41, 5.74) is 0.983. The fraction of sp³-hybridized carbons (Fsp3) is 0.333. The van der Waals surface area contributed by atoms with E-state index in [2.05, 4.69) is 36.0 Å². The third-order valence-corrected chi connectivity index (χ3v) is 5.42. The van der Waals surface area contributed by atoms with Crippen LogP contribution in [0.15, 0.2) is 27.7 Å². The highest BCUT2D eigenvalue weighted by Gasteiger charge is 2.23. The first-order valence-corrected chi connectivity index (χ1v) is 8.60. The highest BCUT2D eigenvalue weighted by molar-refractivity contribution is 8.01. The van der Waals surface area contributed by atoms with E-state index in [4.69, 9.17) is 5.11 Å². The summed E-state index contributed by atoms with van der Waals surface area (Å²) in [5, 5.41) is 18.3. The zero-order valence-corrected chi connectivity index (χ0v) is 14.8. The number of carboxylic acids is 1. The molecule has 0 fully saturated rings. The first-order chi connectivity index (χ1) is 10.8. The molecule has 0 saturated heterocycles. The van der Waals surface area contributed by atoms with E-state index in [9.17, 15) is 4.79 Å². The number of hydrogen-bond donors (Lipinski definition) is 1. The minimum atomic E-state index is -0.933. The van der Waals surface area contributed by atoms with Crippen molar-refractivity contribution < 1.29 is 9.90 Å². The van der Waals surface area contributed by atoms with Gasteiger partial charge in [-0.15, -0.1) is 21.5 Å². The molecule has 3 rings (SSSR count). The Morgan fingerprint density at radius 2 is 2.04 bits per heavy atom. The molecule has 0 radical (unpaired) electrons. The summed E-state index contributed by atoms with van der Waals surface area (Å²) in [6, 6.07) is 4.95. The molecular weight excluding hydrogens is 332 g/mol. The Labute approximate surface area is 141 Å². The third kappa shape index (κ3) is 3.09. The molecule has 2 aromatic heterocycles. The van der Waals surface area contributed by atoms with Crippen LogP contribution in [-0.2, 0) is 12.5 Å². The van der Waals surface area contributed by atoms with Gasteiger partial charge >= 0.3 is 5.97 Å². The summed E-state index contributed by atoms with van der Waals surface area (Å²) in [5.74, 6) is -0.0214. The predicted molar refractivity (Wildman–Crippen MR) is 90.4 cm³/mol. The van der Waals surface area contributed by atoms with Gasteiger partial charge in [0.25, 0.3) is 0 Å². The van der Waals surface area contributed by atoms with Crippen molar-refractivity contribution >= 4 is 39.3 Å². The van der Waals surface area contributed by atoms with Crippen LogP contribution in [0, 0.1) is 0 Å². The highest BCUT2D eigenvalue weighted by Crippen LogP contribution is 2.35. The van der Waals surface area contributed by atoms with E-state index in [1.807, 2.05) is 11.6 Å². The highest BCUT2D eigenvalue weighted by atomic mass is 32.2. The molecule has 0 amide bonds. The number of aromatic nitrogens is 4. The zero-order valence-electron chi connectivity index (χ0n) is 13.2. The molecule has 0 aliphatic heterocycles. The van der Waals surface area contributed by atoms with E-state index < -0.39 is 5.97 Å². The maximum atomic E-state index is 11.0. The number of thiazole rings is 1. The van der Waals surface area contributed by atoms with Gasteiger partial charge in [-0.05, 0) is 30.0 Å². The summed E-state index contributed by atoms with van der Waals surface area (Å²) in [4.78, 5) is 15.6. The van der Waals surface area contributed by atoms with Crippen molar-refractivity contribution in [2.45, 2.75) is 35.7 Å². The van der Waals surface area contributed by atoms with Crippen molar-refractivity contribution in [1.29, 1.82) is 0 Å². The van der Waals surface area contributed by atoms with Gasteiger partial charge in [-0.2, -0.15) is 0 Å². The van der Waals surface area contributed by atoms with Gasteiger partial charge in [0.05, 0.1) is 15.8 Å². The van der Waals surface area contributed by atoms with Crippen LogP contribution in [0.4, 0.5) is 0 Å². The minimum Gasteiger partial charge on any atom is -0.478 e. The molecule has 0 spiro atoms.